The molecule has 3 aliphatic heterocycles. The van der Waals surface area contributed by atoms with Crippen LogP contribution in [0.1, 0.15) is 50.6 Å². The van der Waals surface area contributed by atoms with Gasteiger partial charge in [0.1, 0.15) is 0 Å². The normalized spacial score (nSPS) is 24.7. The number of nitrogens with one attached hydrogen (secondary N) is 1. The Labute approximate surface area is 156 Å². The molecule has 0 radical (unpaired) electrons. The van der Waals surface area contributed by atoms with Crippen LogP contribution in [-0.2, 0) is 18.5 Å². The summed E-state index contributed by atoms with van der Waals surface area (Å²) in [7, 11) is 0. The van der Waals surface area contributed by atoms with Gasteiger partial charge in [0.15, 0.2) is 0 Å². The molecule has 2 aromatic heterocycles. The Hall–Kier alpha value is -1.72. The van der Waals surface area contributed by atoms with Crippen molar-refractivity contribution in [3.05, 3.63) is 47.5 Å². The van der Waals surface area contributed by atoms with E-state index in [-0.39, 0.29) is 5.41 Å². The Balaban J connectivity index is 1.42. The van der Waals surface area contributed by atoms with Crippen molar-refractivity contribution in [3.63, 3.8) is 0 Å². The average molecular weight is 354 g/mol. The SMILES string of the molecule is CC(C)(C)c1cc(CN2CC3CCC2CN(Cc2cccnc2)C3)[nH]n1. The molecule has 2 unspecified atom stereocenters. The number of rotatable bonds is 4. The van der Waals surface area contributed by atoms with Gasteiger partial charge >= 0.3 is 0 Å². The van der Waals surface area contributed by atoms with E-state index in [1.807, 2.05) is 18.5 Å². The van der Waals surface area contributed by atoms with Gasteiger partial charge in [0.25, 0.3) is 0 Å². The molecule has 5 rings (SSSR count). The summed E-state index contributed by atoms with van der Waals surface area (Å²) in [6.07, 6.45) is 6.53. The van der Waals surface area contributed by atoms with Gasteiger partial charge in [0.05, 0.1) is 5.69 Å². The van der Waals surface area contributed by atoms with Crippen molar-refractivity contribution in [2.75, 3.05) is 19.6 Å². The molecule has 0 aromatic carbocycles. The molecule has 2 bridgehead atoms. The molecule has 0 amide bonds. The molecule has 2 atom stereocenters. The lowest BCUT2D eigenvalue weighted by Gasteiger charge is -2.35. The molecular weight excluding hydrogens is 322 g/mol. The zero-order chi connectivity index (χ0) is 18.1. The van der Waals surface area contributed by atoms with Crippen LogP contribution >= 0.6 is 0 Å². The minimum atomic E-state index is 0.104. The summed E-state index contributed by atoms with van der Waals surface area (Å²) in [6, 6.07) is 7.13. The lowest BCUT2D eigenvalue weighted by molar-refractivity contribution is 0.121. The van der Waals surface area contributed by atoms with Gasteiger partial charge in [0, 0.05) is 62.3 Å². The number of pyridine rings is 1. The average Bonchev–Trinajstić information content (AvgIpc) is 2.91. The molecule has 1 N–H and O–H groups in total. The van der Waals surface area contributed by atoms with Crippen molar-refractivity contribution in [3.8, 4) is 0 Å². The fourth-order valence-corrected chi connectivity index (χ4v) is 4.39. The van der Waals surface area contributed by atoms with E-state index < -0.39 is 0 Å². The fraction of sp³-hybridized carbons (Fsp3) is 0.619. The van der Waals surface area contributed by atoms with Crippen molar-refractivity contribution in [1.29, 1.82) is 0 Å². The third kappa shape index (κ3) is 3.99. The number of nitrogens with zero attached hydrogens (tertiary/aromatic N) is 4. The highest BCUT2D eigenvalue weighted by atomic mass is 15.3. The predicted molar refractivity (Wildman–Crippen MR) is 104 cm³/mol. The van der Waals surface area contributed by atoms with E-state index in [4.69, 9.17) is 0 Å². The van der Waals surface area contributed by atoms with E-state index in [1.165, 1.54) is 37.2 Å². The summed E-state index contributed by atoms with van der Waals surface area (Å²) in [4.78, 5) is 9.58. The first kappa shape index (κ1) is 17.7. The maximum absolute atomic E-state index is 4.54. The maximum Gasteiger partial charge on any atom is 0.0678 e. The maximum atomic E-state index is 4.54. The summed E-state index contributed by atoms with van der Waals surface area (Å²) in [5.74, 6) is 0.774. The molecule has 26 heavy (non-hydrogen) atoms. The van der Waals surface area contributed by atoms with Crippen LogP contribution in [0, 0.1) is 5.92 Å². The van der Waals surface area contributed by atoms with E-state index in [9.17, 15) is 0 Å². The molecule has 5 heteroatoms. The molecule has 2 aromatic rings. The van der Waals surface area contributed by atoms with Gasteiger partial charge < -0.3 is 0 Å². The smallest absolute Gasteiger partial charge is 0.0678 e. The van der Waals surface area contributed by atoms with Crippen LogP contribution in [0.2, 0.25) is 0 Å². The molecule has 3 saturated heterocycles. The van der Waals surface area contributed by atoms with E-state index in [2.05, 4.69) is 57.9 Å². The zero-order valence-electron chi connectivity index (χ0n) is 16.3. The van der Waals surface area contributed by atoms with E-state index in [1.54, 1.807) is 0 Å². The molecule has 0 saturated carbocycles. The highest BCUT2D eigenvalue weighted by molar-refractivity contribution is 5.16. The first-order valence-corrected chi connectivity index (χ1v) is 9.87. The van der Waals surface area contributed by atoms with E-state index in [0.29, 0.717) is 6.04 Å². The molecule has 5 heterocycles. The summed E-state index contributed by atoms with van der Waals surface area (Å²) in [6.45, 7) is 12.2. The number of hydrogen-bond donors (Lipinski definition) is 1. The topological polar surface area (TPSA) is 48.0 Å². The lowest BCUT2D eigenvalue weighted by Crippen LogP contribution is -2.43. The van der Waals surface area contributed by atoms with Gasteiger partial charge in [-0.05, 0) is 36.5 Å². The Morgan fingerprint density at radius 3 is 2.77 bits per heavy atom. The molecule has 0 aliphatic carbocycles. The Bertz CT molecular complexity index is 718. The van der Waals surface area contributed by atoms with Gasteiger partial charge in [-0.3, -0.25) is 19.9 Å². The van der Waals surface area contributed by atoms with Gasteiger partial charge in [-0.2, -0.15) is 5.10 Å². The van der Waals surface area contributed by atoms with Gasteiger partial charge in [-0.1, -0.05) is 26.8 Å². The van der Waals surface area contributed by atoms with Crippen LogP contribution in [0.5, 0.6) is 0 Å². The third-order valence-electron chi connectivity index (χ3n) is 5.80. The number of aromatic amines is 1. The molecule has 140 valence electrons. The van der Waals surface area contributed by atoms with Crippen molar-refractivity contribution in [2.24, 2.45) is 5.92 Å². The third-order valence-corrected chi connectivity index (χ3v) is 5.80. The predicted octanol–water partition coefficient (Wildman–Crippen LogP) is 3.20. The van der Waals surface area contributed by atoms with Crippen LogP contribution in [0.25, 0.3) is 0 Å². The largest absolute Gasteiger partial charge is 0.297 e. The van der Waals surface area contributed by atoms with Crippen LogP contribution in [-0.4, -0.2) is 50.7 Å². The summed E-state index contributed by atoms with van der Waals surface area (Å²) in [5, 5.41) is 7.82. The number of hydrogen-bond acceptors (Lipinski definition) is 4. The van der Waals surface area contributed by atoms with Gasteiger partial charge in [0.2, 0.25) is 0 Å². The number of H-pyrrole nitrogens is 1. The molecule has 3 aliphatic rings. The first-order valence-electron chi connectivity index (χ1n) is 9.87. The monoisotopic (exact) mass is 353 g/mol. The second-order valence-corrected chi connectivity index (χ2v) is 9.11. The fourth-order valence-electron chi connectivity index (χ4n) is 4.39. The zero-order valence-corrected chi connectivity index (χ0v) is 16.3. The van der Waals surface area contributed by atoms with Crippen LogP contribution in [0.3, 0.4) is 0 Å². The Morgan fingerprint density at radius 1 is 1.15 bits per heavy atom. The van der Waals surface area contributed by atoms with E-state index in [0.717, 1.165) is 31.2 Å². The number of aromatic nitrogens is 3. The van der Waals surface area contributed by atoms with Crippen molar-refractivity contribution >= 4 is 0 Å². The van der Waals surface area contributed by atoms with Crippen molar-refractivity contribution in [1.82, 2.24) is 25.0 Å². The Morgan fingerprint density at radius 2 is 2.04 bits per heavy atom. The molecule has 5 nitrogen and oxygen atoms in total. The van der Waals surface area contributed by atoms with Gasteiger partial charge in [-0.15, -0.1) is 0 Å². The van der Waals surface area contributed by atoms with Crippen molar-refractivity contribution < 1.29 is 0 Å². The minimum Gasteiger partial charge on any atom is -0.297 e. The van der Waals surface area contributed by atoms with Crippen LogP contribution in [0.4, 0.5) is 0 Å². The van der Waals surface area contributed by atoms with Crippen molar-refractivity contribution in [2.45, 2.75) is 58.2 Å². The molecule has 0 spiro atoms. The number of piperidine rings is 1. The molecule has 3 fully saturated rings. The van der Waals surface area contributed by atoms with Crippen LogP contribution in [0.15, 0.2) is 30.6 Å². The highest BCUT2D eigenvalue weighted by Gasteiger charge is 2.35. The lowest BCUT2D eigenvalue weighted by atomic mass is 9.92. The molecular formula is C21H31N5. The highest BCUT2D eigenvalue weighted by Crippen LogP contribution is 2.30. The Kier molecular flexibility index (Phi) is 4.84. The quantitative estimate of drug-likeness (QED) is 0.917. The number of fused-ring (bicyclic) bond motifs is 4. The minimum absolute atomic E-state index is 0.104. The standard InChI is InChI=1S/C21H31N5/c1-21(2,3)20-9-18(23-24-20)14-26-13-17-6-7-19(26)15-25(12-17)11-16-5-4-8-22-10-16/h4-5,8-10,17,19H,6-7,11-15H2,1-3H3,(H,23,24). The van der Waals surface area contributed by atoms with Crippen LogP contribution < -0.4 is 0 Å². The van der Waals surface area contributed by atoms with Gasteiger partial charge in [-0.25, -0.2) is 0 Å². The summed E-state index contributed by atoms with van der Waals surface area (Å²) >= 11 is 0. The summed E-state index contributed by atoms with van der Waals surface area (Å²) in [5.41, 5.74) is 3.84. The van der Waals surface area contributed by atoms with E-state index >= 15 is 0 Å². The second kappa shape index (κ2) is 7.12. The summed E-state index contributed by atoms with van der Waals surface area (Å²) < 4.78 is 0. The first-order chi connectivity index (χ1) is 12.5. The second-order valence-electron chi connectivity index (χ2n) is 9.11.